The number of carbonyl (C=O) groups is 2. The van der Waals surface area contributed by atoms with Crippen LogP contribution in [0.15, 0.2) is 59.0 Å². The highest BCUT2D eigenvalue weighted by Crippen LogP contribution is 2.31. The van der Waals surface area contributed by atoms with E-state index >= 15 is 0 Å². The van der Waals surface area contributed by atoms with Gasteiger partial charge in [0.25, 0.3) is 5.91 Å². The first-order valence-electron chi connectivity index (χ1n) is 11.4. The molecule has 34 heavy (non-hydrogen) atoms. The van der Waals surface area contributed by atoms with Crippen LogP contribution in [0.1, 0.15) is 55.1 Å². The van der Waals surface area contributed by atoms with Crippen molar-refractivity contribution in [3.05, 3.63) is 76.6 Å². The van der Waals surface area contributed by atoms with Gasteiger partial charge in [-0.05, 0) is 55.7 Å². The lowest BCUT2D eigenvalue weighted by atomic mass is 9.96. The van der Waals surface area contributed by atoms with Crippen LogP contribution in [0.2, 0.25) is 0 Å². The summed E-state index contributed by atoms with van der Waals surface area (Å²) in [6, 6.07) is 10.1. The van der Waals surface area contributed by atoms with Gasteiger partial charge in [0.2, 0.25) is 5.91 Å². The number of halogens is 1. The van der Waals surface area contributed by atoms with Crippen LogP contribution in [-0.2, 0) is 4.79 Å². The Kier molecular flexibility index (Phi) is 7.47. The largest absolute Gasteiger partial charge is 0.274 e. The van der Waals surface area contributed by atoms with E-state index in [1.807, 2.05) is 19.1 Å². The maximum absolute atomic E-state index is 14.3. The van der Waals surface area contributed by atoms with Gasteiger partial charge in [-0.15, -0.1) is 11.3 Å². The standard InChI is InChI=1S/C26H27FN4O2S/c1-18-14-15-30(24(16-18)28-20-8-4-3-5-9-20)25(33)13-12-21-17-34-26(29-21)31(19(2)32)23-11-7-6-10-22(23)27/h6-7,10-17,20H,3-5,8-9H2,1-2H3/b13-12+,28-24?. The highest BCUT2D eigenvalue weighted by molar-refractivity contribution is 7.14. The van der Waals surface area contributed by atoms with E-state index in [0.717, 1.165) is 18.4 Å². The second-order valence-corrected chi connectivity index (χ2v) is 9.22. The van der Waals surface area contributed by atoms with Crippen molar-refractivity contribution in [2.75, 3.05) is 4.90 Å². The number of nitrogens with zero attached hydrogens (tertiary/aromatic N) is 4. The van der Waals surface area contributed by atoms with E-state index in [0.29, 0.717) is 16.3 Å². The lowest BCUT2D eigenvalue weighted by Gasteiger charge is -2.18. The van der Waals surface area contributed by atoms with Crippen LogP contribution in [0, 0.1) is 12.7 Å². The topological polar surface area (TPSA) is 67.6 Å². The maximum Gasteiger partial charge on any atom is 0.256 e. The van der Waals surface area contributed by atoms with E-state index in [9.17, 15) is 14.0 Å². The molecule has 0 N–H and O–H groups in total. The fraction of sp³-hybridized carbons (Fsp3) is 0.308. The van der Waals surface area contributed by atoms with Gasteiger partial charge in [-0.2, -0.15) is 0 Å². The molecule has 176 valence electrons. The van der Waals surface area contributed by atoms with E-state index in [1.54, 1.807) is 34.4 Å². The summed E-state index contributed by atoms with van der Waals surface area (Å²) in [6.07, 6.45) is 10.5. The van der Waals surface area contributed by atoms with Crippen molar-refractivity contribution < 1.29 is 14.0 Å². The van der Waals surface area contributed by atoms with Gasteiger partial charge in [0.1, 0.15) is 11.3 Å². The number of carbonyl (C=O) groups excluding carboxylic acids is 2. The first-order valence-corrected chi connectivity index (χ1v) is 12.3. The van der Waals surface area contributed by atoms with Crippen molar-refractivity contribution in [3.8, 4) is 0 Å². The van der Waals surface area contributed by atoms with Crippen molar-refractivity contribution in [3.63, 3.8) is 0 Å². The molecule has 2 aromatic heterocycles. The third kappa shape index (κ3) is 5.56. The zero-order valence-corrected chi connectivity index (χ0v) is 20.1. The van der Waals surface area contributed by atoms with Gasteiger partial charge < -0.3 is 0 Å². The van der Waals surface area contributed by atoms with Gasteiger partial charge in [-0.1, -0.05) is 31.4 Å². The summed E-state index contributed by atoms with van der Waals surface area (Å²) in [4.78, 5) is 35.7. The molecule has 0 aliphatic heterocycles. The number of benzene rings is 1. The van der Waals surface area contributed by atoms with Crippen LogP contribution in [0.25, 0.3) is 6.08 Å². The summed E-state index contributed by atoms with van der Waals surface area (Å²) in [5.74, 6) is -1.10. The highest BCUT2D eigenvalue weighted by Gasteiger charge is 2.20. The fourth-order valence-corrected chi connectivity index (χ4v) is 4.85. The van der Waals surface area contributed by atoms with Crippen molar-refractivity contribution in [2.24, 2.45) is 4.99 Å². The molecule has 1 amide bonds. The Labute approximate surface area is 202 Å². The lowest BCUT2D eigenvalue weighted by molar-refractivity contribution is -0.115. The van der Waals surface area contributed by atoms with Crippen molar-refractivity contribution >= 4 is 40.0 Å². The van der Waals surface area contributed by atoms with E-state index < -0.39 is 5.82 Å². The first-order chi connectivity index (χ1) is 16.4. The molecule has 6 nitrogen and oxygen atoms in total. The Bertz CT molecular complexity index is 1290. The number of aryl methyl sites for hydroxylation is 1. The molecule has 3 aromatic rings. The molecule has 1 aromatic carbocycles. The molecule has 1 aliphatic carbocycles. The molecule has 2 heterocycles. The summed E-state index contributed by atoms with van der Waals surface area (Å²) < 4.78 is 15.8. The van der Waals surface area contributed by atoms with Crippen LogP contribution < -0.4 is 10.4 Å². The minimum atomic E-state index is -0.509. The van der Waals surface area contributed by atoms with Crippen molar-refractivity contribution in [1.29, 1.82) is 0 Å². The van der Waals surface area contributed by atoms with Crippen LogP contribution in [0.5, 0.6) is 0 Å². The third-order valence-electron chi connectivity index (χ3n) is 5.72. The Morgan fingerprint density at radius 1 is 1.21 bits per heavy atom. The molecule has 0 unspecified atom stereocenters. The van der Waals surface area contributed by atoms with E-state index in [2.05, 4.69) is 4.98 Å². The van der Waals surface area contributed by atoms with E-state index in [-0.39, 0.29) is 23.5 Å². The molecule has 1 aliphatic rings. The predicted octanol–water partition coefficient (Wildman–Crippen LogP) is 5.66. The maximum atomic E-state index is 14.3. The summed E-state index contributed by atoms with van der Waals surface area (Å²) in [7, 11) is 0. The monoisotopic (exact) mass is 478 g/mol. The number of rotatable bonds is 5. The predicted molar refractivity (Wildman–Crippen MR) is 133 cm³/mol. The Balaban J connectivity index is 1.57. The molecule has 0 atom stereocenters. The fourth-order valence-electron chi connectivity index (χ4n) is 4.01. The molecule has 0 radical (unpaired) electrons. The summed E-state index contributed by atoms with van der Waals surface area (Å²) in [5, 5.41) is 2.06. The normalized spacial score (nSPS) is 15.1. The smallest absolute Gasteiger partial charge is 0.256 e. The average Bonchev–Trinajstić information content (AvgIpc) is 3.28. The quantitative estimate of drug-likeness (QED) is 0.444. The lowest BCUT2D eigenvalue weighted by Crippen LogP contribution is -2.28. The number of thiazole rings is 1. The number of allylic oxidation sites excluding steroid dienone is 1. The number of amides is 1. The first kappa shape index (κ1) is 23.8. The van der Waals surface area contributed by atoms with Crippen molar-refractivity contribution in [2.45, 2.75) is 52.0 Å². The van der Waals surface area contributed by atoms with E-state index in [4.69, 9.17) is 4.99 Å². The number of para-hydroxylation sites is 1. The number of anilines is 2. The van der Waals surface area contributed by atoms with E-state index in [1.165, 1.54) is 60.6 Å². The van der Waals surface area contributed by atoms with Crippen LogP contribution in [0.3, 0.4) is 0 Å². The molecule has 0 bridgehead atoms. The summed E-state index contributed by atoms with van der Waals surface area (Å²) in [6.45, 7) is 3.34. The van der Waals surface area contributed by atoms with Gasteiger partial charge in [0.15, 0.2) is 5.13 Å². The second-order valence-electron chi connectivity index (χ2n) is 8.39. The van der Waals surface area contributed by atoms with Crippen LogP contribution in [0.4, 0.5) is 15.2 Å². The minimum Gasteiger partial charge on any atom is -0.274 e. The molecule has 1 saturated carbocycles. The van der Waals surface area contributed by atoms with Gasteiger partial charge in [0, 0.05) is 24.6 Å². The molecule has 1 fully saturated rings. The van der Waals surface area contributed by atoms with Gasteiger partial charge in [-0.3, -0.25) is 24.0 Å². The molecular formula is C26H27FN4O2S. The Morgan fingerprint density at radius 3 is 2.71 bits per heavy atom. The molecule has 0 saturated heterocycles. The van der Waals surface area contributed by atoms with Crippen LogP contribution >= 0.6 is 11.3 Å². The SMILES string of the molecule is CC(=O)N(c1nc(/C=C/C(=O)n2ccc(C)cc2=NC2CCCCC2)cs1)c1ccccc1F. The number of aromatic nitrogens is 2. The van der Waals surface area contributed by atoms with Gasteiger partial charge >= 0.3 is 0 Å². The van der Waals surface area contributed by atoms with Gasteiger partial charge in [0.05, 0.1) is 17.4 Å². The zero-order valence-electron chi connectivity index (χ0n) is 19.3. The summed E-state index contributed by atoms with van der Waals surface area (Å²) in [5.41, 5.74) is 2.35. The zero-order chi connectivity index (χ0) is 24.1. The Morgan fingerprint density at radius 2 is 1.97 bits per heavy atom. The molecule has 4 rings (SSSR count). The average molecular weight is 479 g/mol. The van der Waals surface area contributed by atoms with Gasteiger partial charge in [-0.25, -0.2) is 9.37 Å². The second kappa shape index (κ2) is 10.7. The third-order valence-corrected chi connectivity index (χ3v) is 6.57. The minimum absolute atomic E-state index is 0.139. The van der Waals surface area contributed by atoms with Crippen molar-refractivity contribution in [1.82, 2.24) is 9.55 Å². The number of hydrogen-bond donors (Lipinski definition) is 0. The molecular weight excluding hydrogens is 451 g/mol. The molecule has 0 spiro atoms. The number of hydrogen-bond acceptors (Lipinski definition) is 5. The number of pyridine rings is 1. The highest BCUT2D eigenvalue weighted by atomic mass is 32.1. The summed E-state index contributed by atoms with van der Waals surface area (Å²) >= 11 is 1.20. The van der Waals surface area contributed by atoms with Crippen LogP contribution in [-0.4, -0.2) is 27.4 Å². The molecule has 8 heteroatoms. The Hall–Kier alpha value is -3.39.